The molecule has 0 radical (unpaired) electrons. The Labute approximate surface area is 226 Å². The predicted molar refractivity (Wildman–Crippen MR) is 134 cm³/mol. The zero-order chi connectivity index (χ0) is 29.1. The van der Waals surface area contributed by atoms with Crippen molar-refractivity contribution in [1.29, 1.82) is 0 Å². The van der Waals surface area contributed by atoms with Gasteiger partial charge in [-0.25, -0.2) is 4.39 Å². The molecule has 0 amide bonds. The third kappa shape index (κ3) is 6.87. The summed E-state index contributed by atoms with van der Waals surface area (Å²) in [6.07, 6.45) is -9.67. The minimum atomic E-state index is -5.02. The molecule has 0 fully saturated rings. The van der Waals surface area contributed by atoms with Crippen LogP contribution >= 0.6 is 23.2 Å². The Morgan fingerprint density at radius 1 is 1.03 bits per heavy atom. The Morgan fingerprint density at radius 2 is 1.67 bits per heavy atom. The molecule has 0 bridgehead atoms. The van der Waals surface area contributed by atoms with E-state index in [-0.39, 0.29) is 18.2 Å². The van der Waals surface area contributed by atoms with Crippen molar-refractivity contribution in [2.45, 2.75) is 19.0 Å². The molecule has 0 heterocycles. The highest BCUT2D eigenvalue weighted by atomic mass is 35.5. The molecule has 0 saturated carbocycles. The van der Waals surface area contributed by atoms with E-state index in [0.717, 1.165) is 19.2 Å². The Balaban J connectivity index is 2.32. The molecular weight excluding hydrogens is 578 g/mol. The van der Waals surface area contributed by atoms with Crippen LogP contribution in [0.3, 0.4) is 0 Å². The highest BCUT2D eigenvalue weighted by Gasteiger charge is 2.35. The van der Waals surface area contributed by atoms with E-state index in [2.05, 4.69) is 10.2 Å². The number of nitrogens with zero attached hydrogens (tertiary/aromatic N) is 2. The molecule has 0 aromatic heterocycles. The maximum atomic E-state index is 15.4. The summed E-state index contributed by atoms with van der Waals surface area (Å²) < 4.78 is 101. The second-order valence-electron chi connectivity index (χ2n) is 7.86. The Morgan fingerprint density at radius 3 is 2.21 bits per heavy atom. The summed E-state index contributed by atoms with van der Waals surface area (Å²) in [5.41, 5.74) is -0.642. The third-order valence-corrected chi connectivity index (χ3v) is 5.87. The van der Waals surface area contributed by atoms with E-state index in [1.165, 1.54) is 12.1 Å². The Bertz CT molecular complexity index is 1450. The van der Waals surface area contributed by atoms with Gasteiger partial charge in [-0.15, -0.1) is 4.91 Å². The van der Waals surface area contributed by atoms with E-state index in [4.69, 9.17) is 33.7 Å². The monoisotopic (exact) mass is 593 g/mol. The first-order chi connectivity index (χ1) is 18.2. The SMILES string of the molecule is CN=C(C=C(N)C(F)(F)F)c1c(F)cc(OCc2ccc(Cl)cc2)c(-c2ccc(Cl)c(C(F)(F)F)c2)c1N=O. The quantitative estimate of drug-likeness (QED) is 0.169. The summed E-state index contributed by atoms with van der Waals surface area (Å²) in [5, 5.41) is 2.49. The molecule has 0 unspecified atom stereocenters. The molecule has 0 spiro atoms. The number of hydrogen-bond acceptors (Lipinski definition) is 5. The van der Waals surface area contributed by atoms with E-state index in [0.29, 0.717) is 22.7 Å². The molecule has 3 aromatic rings. The molecule has 0 aliphatic carbocycles. The fourth-order valence-electron chi connectivity index (χ4n) is 3.46. The molecule has 0 saturated heterocycles. The zero-order valence-corrected chi connectivity index (χ0v) is 21.1. The van der Waals surface area contributed by atoms with Crippen molar-refractivity contribution in [2.24, 2.45) is 15.9 Å². The van der Waals surface area contributed by atoms with Crippen molar-refractivity contribution in [3.63, 3.8) is 0 Å². The Hall–Kier alpha value is -3.64. The number of alkyl halides is 6. The van der Waals surface area contributed by atoms with Gasteiger partial charge >= 0.3 is 12.4 Å². The van der Waals surface area contributed by atoms with Crippen LogP contribution in [0.15, 0.2) is 70.5 Å². The summed E-state index contributed by atoms with van der Waals surface area (Å²) >= 11 is 11.6. The minimum absolute atomic E-state index is 0.253. The van der Waals surface area contributed by atoms with E-state index in [9.17, 15) is 31.2 Å². The van der Waals surface area contributed by atoms with Crippen LogP contribution in [0.4, 0.5) is 36.4 Å². The van der Waals surface area contributed by atoms with Crippen LogP contribution in [0.2, 0.25) is 10.0 Å². The molecule has 0 atom stereocenters. The Kier molecular flexibility index (Phi) is 8.91. The van der Waals surface area contributed by atoms with Crippen LogP contribution in [-0.4, -0.2) is 18.9 Å². The van der Waals surface area contributed by atoms with Crippen LogP contribution in [0.5, 0.6) is 5.75 Å². The summed E-state index contributed by atoms with van der Waals surface area (Å²) in [6, 6.07) is 9.41. The number of rotatable bonds is 7. The van der Waals surface area contributed by atoms with Gasteiger partial charge in [0.25, 0.3) is 0 Å². The van der Waals surface area contributed by atoms with Gasteiger partial charge in [0.2, 0.25) is 0 Å². The molecule has 0 aliphatic heterocycles. The van der Waals surface area contributed by atoms with E-state index < -0.39 is 62.7 Å². The summed E-state index contributed by atoms with van der Waals surface area (Å²) in [7, 11) is 0.998. The van der Waals surface area contributed by atoms with Gasteiger partial charge < -0.3 is 10.5 Å². The van der Waals surface area contributed by atoms with Gasteiger partial charge in [0, 0.05) is 18.1 Å². The number of ether oxygens (including phenoxy) is 1. The molecule has 3 aromatic carbocycles. The lowest BCUT2D eigenvalue weighted by atomic mass is 9.94. The molecule has 14 heteroatoms. The molecule has 2 N–H and O–H groups in total. The standard InChI is InChI=1S/C25H16Cl2F7N3O2/c1-36-18(10-20(35)25(32,33)34)22-17(28)9-19(39-11-12-2-5-14(26)6-3-12)21(23(22)37-38)13-4-7-16(27)15(8-13)24(29,30)31/h2-10H,11,35H2,1H3. The lowest BCUT2D eigenvalue weighted by molar-refractivity contribution is -0.137. The number of nitrogens with two attached hydrogens (primary N) is 1. The number of hydrogen-bond donors (Lipinski definition) is 1. The number of halogens is 9. The van der Waals surface area contributed by atoms with Crippen LogP contribution < -0.4 is 10.5 Å². The van der Waals surface area contributed by atoms with Crippen molar-refractivity contribution >= 4 is 34.6 Å². The van der Waals surface area contributed by atoms with E-state index in [1.54, 1.807) is 12.1 Å². The molecule has 39 heavy (non-hydrogen) atoms. The maximum absolute atomic E-state index is 15.4. The molecule has 0 aliphatic rings. The number of nitroso groups, excluding NO2 is 1. The first-order valence-corrected chi connectivity index (χ1v) is 11.4. The summed E-state index contributed by atoms with van der Waals surface area (Å²) in [5.74, 6) is -1.73. The predicted octanol–water partition coefficient (Wildman–Crippen LogP) is 8.62. The topological polar surface area (TPSA) is 77.0 Å². The van der Waals surface area contributed by atoms with Gasteiger partial charge in [-0.2, -0.15) is 26.3 Å². The molecular formula is C25H16Cl2F7N3O2. The average Bonchev–Trinajstić information content (AvgIpc) is 2.85. The van der Waals surface area contributed by atoms with Crippen molar-refractivity contribution in [1.82, 2.24) is 0 Å². The second kappa shape index (κ2) is 11.6. The first kappa shape index (κ1) is 29.9. The second-order valence-corrected chi connectivity index (χ2v) is 8.70. The van der Waals surface area contributed by atoms with Crippen LogP contribution in [0.25, 0.3) is 11.1 Å². The fraction of sp³-hybridized carbons (Fsp3) is 0.160. The number of benzene rings is 3. The summed E-state index contributed by atoms with van der Waals surface area (Å²) in [6.45, 7) is -0.253. The van der Waals surface area contributed by atoms with Gasteiger partial charge in [-0.3, -0.25) is 4.99 Å². The lowest BCUT2D eigenvalue weighted by Gasteiger charge is -2.19. The molecule has 206 valence electrons. The van der Waals surface area contributed by atoms with E-state index >= 15 is 4.39 Å². The maximum Gasteiger partial charge on any atom is 0.430 e. The number of allylic oxidation sites excluding steroid dienone is 2. The molecule has 5 nitrogen and oxygen atoms in total. The zero-order valence-electron chi connectivity index (χ0n) is 19.6. The highest BCUT2D eigenvalue weighted by Crippen LogP contribution is 2.46. The normalized spacial score (nSPS) is 13.0. The van der Waals surface area contributed by atoms with Crippen molar-refractivity contribution < 1.29 is 35.5 Å². The van der Waals surface area contributed by atoms with Gasteiger partial charge in [0.1, 0.15) is 29.6 Å². The van der Waals surface area contributed by atoms with Crippen LogP contribution in [0, 0.1) is 10.7 Å². The van der Waals surface area contributed by atoms with Gasteiger partial charge in [0.05, 0.1) is 27.4 Å². The van der Waals surface area contributed by atoms with Crippen molar-refractivity contribution in [3.8, 4) is 16.9 Å². The molecule has 3 rings (SSSR count). The largest absolute Gasteiger partial charge is 0.488 e. The van der Waals surface area contributed by atoms with Gasteiger partial charge in [-0.05, 0) is 46.6 Å². The number of aliphatic imine (C=N–C) groups is 1. The average molecular weight is 594 g/mol. The minimum Gasteiger partial charge on any atom is -0.488 e. The van der Waals surface area contributed by atoms with Crippen LogP contribution in [0.1, 0.15) is 16.7 Å². The van der Waals surface area contributed by atoms with Crippen molar-refractivity contribution in [3.05, 3.63) is 97.8 Å². The fourth-order valence-corrected chi connectivity index (χ4v) is 3.81. The van der Waals surface area contributed by atoms with E-state index in [1.807, 2.05) is 0 Å². The van der Waals surface area contributed by atoms with Crippen LogP contribution in [-0.2, 0) is 12.8 Å². The smallest absolute Gasteiger partial charge is 0.430 e. The summed E-state index contributed by atoms with van der Waals surface area (Å²) in [4.78, 5) is 15.6. The van der Waals surface area contributed by atoms with Gasteiger partial charge in [0.15, 0.2) is 0 Å². The van der Waals surface area contributed by atoms with Gasteiger partial charge in [-0.1, -0.05) is 41.4 Å². The lowest BCUT2D eigenvalue weighted by Crippen LogP contribution is -2.21. The first-order valence-electron chi connectivity index (χ1n) is 10.6. The third-order valence-electron chi connectivity index (χ3n) is 5.29. The van der Waals surface area contributed by atoms with Crippen molar-refractivity contribution in [2.75, 3.05) is 7.05 Å². The highest BCUT2D eigenvalue weighted by molar-refractivity contribution is 6.31.